The number of hydrogen-bond donors (Lipinski definition) is 1. The van der Waals surface area contributed by atoms with E-state index in [1.807, 2.05) is 12.1 Å². The van der Waals surface area contributed by atoms with Crippen LogP contribution in [0, 0.1) is 5.92 Å². The fraction of sp³-hybridized carbons (Fsp3) is 0.583. The highest BCUT2D eigenvalue weighted by molar-refractivity contribution is 5.23. The lowest BCUT2D eigenvalue weighted by molar-refractivity contribution is 0.111. The third-order valence-electron chi connectivity index (χ3n) is 2.91. The maximum Gasteiger partial charge on any atom is 0.213 e. The van der Waals surface area contributed by atoms with Crippen LogP contribution in [0.3, 0.4) is 0 Å². The summed E-state index contributed by atoms with van der Waals surface area (Å²) in [7, 11) is 1.61. The minimum Gasteiger partial charge on any atom is -0.488 e. The summed E-state index contributed by atoms with van der Waals surface area (Å²) in [5.74, 6) is 1.97. The van der Waals surface area contributed by atoms with Gasteiger partial charge in [0.15, 0.2) is 0 Å². The van der Waals surface area contributed by atoms with Crippen molar-refractivity contribution in [2.24, 2.45) is 5.92 Å². The second-order valence-corrected chi connectivity index (χ2v) is 4.16. The van der Waals surface area contributed by atoms with Crippen molar-refractivity contribution in [3.05, 3.63) is 18.3 Å². The molecule has 0 spiro atoms. The molecular weight excluding hydrogens is 204 g/mol. The fourth-order valence-electron chi connectivity index (χ4n) is 1.90. The maximum absolute atomic E-state index is 5.91. The van der Waals surface area contributed by atoms with E-state index in [1.165, 1.54) is 0 Å². The molecule has 1 saturated heterocycles. The Balaban J connectivity index is 1.96. The summed E-state index contributed by atoms with van der Waals surface area (Å²) >= 11 is 0. The van der Waals surface area contributed by atoms with Crippen LogP contribution in [0.25, 0.3) is 0 Å². The summed E-state index contributed by atoms with van der Waals surface area (Å²) in [5.41, 5.74) is 0. The minimum absolute atomic E-state index is 0.288. The second kappa shape index (κ2) is 5.16. The third-order valence-corrected chi connectivity index (χ3v) is 2.91. The van der Waals surface area contributed by atoms with E-state index in [1.54, 1.807) is 13.3 Å². The van der Waals surface area contributed by atoms with E-state index in [2.05, 4.69) is 17.2 Å². The average Bonchev–Trinajstić information content (AvgIpc) is 2.33. The number of pyridine rings is 1. The molecular formula is C12H18N2O2. The molecule has 16 heavy (non-hydrogen) atoms. The third kappa shape index (κ3) is 2.64. The molecule has 1 fully saturated rings. The number of aromatic nitrogens is 1. The van der Waals surface area contributed by atoms with Gasteiger partial charge in [0.2, 0.25) is 5.88 Å². The van der Waals surface area contributed by atoms with Crippen LogP contribution in [0.2, 0.25) is 0 Å². The Morgan fingerprint density at radius 2 is 2.31 bits per heavy atom. The van der Waals surface area contributed by atoms with Crippen LogP contribution in [0.4, 0.5) is 0 Å². The van der Waals surface area contributed by atoms with Gasteiger partial charge in [-0.25, -0.2) is 4.98 Å². The number of rotatable bonds is 3. The van der Waals surface area contributed by atoms with Gasteiger partial charge in [-0.05, 0) is 19.0 Å². The molecule has 0 aliphatic carbocycles. The first kappa shape index (κ1) is 11.2. The summed E-state index contributed by atoms with van der Waals surface area (Å²) in [4.78, 5) is 4.12. The molecule has 0 amide bonds. The zero-order chi connectivity index (χ0) is 11.4. The number of methoxy groups -OCH3 is 1. The van der Waals surface area contributed by atoms with Crippen LogP contribution >= 0.6 is 0 Å². The van der Waals surface area contributed by atoms with Crippen molar-refractivity contribution in [3.8, 4) is 11.6 Å². The topological polar surface area (TPSA) is 43.4 Å². The van der Waals surface area contributed by atoms with Crippen LogP contribution in [0.5, 0.6) is 11.6 Å². The van der Waals surface area contributed by atoms with E-state index in [4.69, 9.17) is 9.47 Å². The number of nitrogens with zero attached hydrogens (tertiary/aromatic N) is 1. The second-order valence-electron chi connectivity index (χ2n) is 4.16. The molecule has 1 aromatic heterocycles. The van der Waals surface area contributed by atoms with Crippen LogP contribution < -0.4 is 14.8 Å². The zero-order valence-corrected chi connectivity index (χ0v) is 9.77. The van der Waals surface area contributed by atoms with Crippen molar-refractivity contribution >= 4 is 0 Å². The quantitative estimate of drug-likeness (QED) is 0.841. The summed E-state index contributed by atoms with van der Waals surface area (Å²) in [6, 6.07) is 3.72. The van der Waals surface area contributed by atoms with Gasteiger partial charge in [-0.15, -0.1) is 0 Å². The molecule has 4 nitrogen and oxygen atoms in total. The summed E-state index contributed by atoms with van der Waals surface area (Å²) < 4.78 is 10.9. The molecule has 2 rings (SSSR count). The molecule has 1 aromatic rings. The first-order valence-electron chi connectivity index (χ1n) is 5.67. The molecule has 0 radical (unpaired) electrons. The monoisotopic (exact) mass is 222 g/mol. The molecule has 0 bridgehead atoms. The van der Waals surface area contributed by atoms with Crippen LogP contribution in [0.15, 0.2) is 18.3 Å². The van der Waals surface area contributed by atoms with Crippen molar-refractivity contribution in [1.29, 1.82) is 0 Å². The Bertz CT molecular complexity index is 326. The highest BCUT2D eigenvalue weighted by Gasteiger charge is 2.22. The van der Waals surface area contributed by atoms with Gasteiger partial charge in [0.05, 0.1) is 13.3 Å². The van der Waals surface area contributed by atoms with E-state index >= 15 is 0 Å². The molecule has 0 aromatic carbocycles. The summed E-state index contributed by atoms with van der Waals surface area (Å²) in [5, 5.41) is 3.35. The van der Waals surface area contributed by atoms with Crippen molar-refractivity contribution in [3.63, 3.8) is 0 Å². The molecule has 0 saturated carbocycles. The lowest BCUT2D eigenvalue weighted by Gasteiger charge is -2.29. The SMILES string of the molecule is COc1ccc(O[C@H]2CCNC[C@H]2C)cn1. The Labute approximate surface area is 96.0 Å². The van der Waals surface area contributed by atoms with Crippen molar-refractivity contribution < 1.29 is 9.47 Å². The predicted molar refractivity (Wildman–Crippen MR) is 61.9 cm³/mol. The van der Waals surface area contributed by atoms with Gasteiger partial charge in [-0.2, -0.15) is 0 Å². The summed E-state index contributed by atoms with van der Waals surface area (Å²) in [6.07, 6.45) is 3.05. The molecule has 2 heterocycles. The van der Waals surface area contributed by atoms with Gasteiger partial charge in [0, 0.05) is 18.5 Å². The Morgan fingerprint density at radius 1 is 1.44 bits per heavy atom. The lowest BCUT2D eigenvalue weighted by Crippen LogP contribution is -2.41. The van der Waals surface area contributed by atoms with Crippen molar-refractivity contribution in [2.45, 2.75) is 19.4 Å². The minimum atomic E-state index is 0.288. The van der Waals surface area contributed by atoms with E-state index < -0.39 is 0 Å². The Kier molecular flexibility index (Phi) is 3.62. The Morgan fingerprint density at radius 3 is 2.94 bits per heavy atom. The molecule has 1 aliphatic rings. The van der Waals surface area contributed by atoms with E-state index in [0.29, 0.717) is 11.8 Å². The van der Waals surface area contributed by atoms with Gasteiger partial charge in [-0.3, -0.25) is 0 Å². The highest BCUT2D eigenvalue weighted by atomic mass is 16.5. The van der Waals surface area contributed by atoms with Gasteiger partial charge in [0.25, 0.3) is 0 Å². The predicted octanol–water partition coefficient (Wildman–Crippen LogP) is 1.47. The first-order valence-corrected chi connectivity index (χ1v) is 5.67. The van der Waals surface area contributed by atoms with Crippen molar-refractivity contribution in [1.82, 2.24) is 10.3 Å². The van der Waals surface area contributed by atoms with Crippen LogP contribution in [-0.4, -0.2) is 31.3 Å². The Hall–Kier alpha value is -1.29. The number of hydrogen-bond acceptors (Lipinski definition) is 4. The van der Waals surface area contributed by atoms with Crippen LogP contribution in [-0.2, 0) is 0 Å². The van der Waals surface area contributed by atoms with Crippen molar-refractivity contribution in [2.75, 3.05) is 20.2 Å². The molecule has 4 heteroatoms. The fourth-order valence-corrected chi connectivity index (χ4v) is 1.90. The largest absolute Gasteiger partial charge is 0.488 e. The van der Waals surface area contributed by atoms with E-state index in [0.717, 1.165) is 25.3 Å². The standard InChI is InChI=1S/C12H18N2O2/c1-9-7-13-6-5-11(9)16-10-3-4-12(15-2)14-8-10/h3-4,8-9,11,13H,5-7H2,1-2H3/t9-,11+/m1/s1. The van der Waals surface area contributed by atoms with Gasteiger partial charge in [0.1, 0.15) is 11.9 Å². The molecule has 0 unspecified atom stereocenters. The molecule has 1 aliphatic heterocycles. The lowest BCUT2D eigenvalue weighted by atomic mass is 9.98. The first-order chi connectivity index (χ1) is 7.79. The number of nitrogens with one attached hydrogen (secondary N) is 1. The summed E-state index contributed by atoms with van der Waals surface area (Å²) in [6.45, 7) is 4.25. The normalized spacial score (nSPS) is 25.1. The van der Waals surface area contributed by atoms with E-state index in [-0.39, 0.29) is 6.10 Å². The zero-order valence-electron chi connectivity index (χ0n) is 9.77. The van der Waals surface area contributed by atoms with Crippen LogP contribution in [0.1, 0.15) is 13.3 Å². The molecule has 1 N–H and O–H groups in total. The van der Waals surface area contributed by atoms with Gasteiger partial charge < -0.3 is 14.8 Å². The number of piperidine rings is 1. The van der Waals surface area contributed by atoms with E-state index in [9.17, 15) is 0 Å². The molecule has 88 valence electrons. The molecule has 2 atom stereocenters. The number of ether oxygens (including phenoxy) is 2. The average molecular weight is 222 g/mol. The maximum atomic E-state index is 5.91. The van der Waals surface area contributed by atoms with Gasteiger partial charge >= 0.3 is 0 Å². The van der Waals surface area contributed by atoms with Gasteiger partial charge in [-0.1, -0.05) is 6.92 Å². The highest BCUT2D eigenvalue weighted by Crippen LogP contribution is 2.20. The smallest absolute Gasteiger partial charge is 0.213 e.